The highest BCUT2D eigenvalue weighted by molar-refractivity contribution is 5.96. The summed E-state index contributed by atoms with van der Waals surface area (Å²) in [6.45, 7) is 7.34. The van der Waals surface area contributed by atoms with E-state index in [0.717, 1.165) is 45.6 Å². The minimum Gasteiger partial charge on any atom is -0.477 e. The third kappa shape index (κ3) is 8.14. The number of rotatable bonds is 5. The van der Waals surface area contributed by atoms with Crippen molar-refractivity contribution in [2.24, 2.45) is 5.73 Å². The predicted octanol–water partition coefficient (Wildman–Crippen LogP) is 6.41. The number of nitrogens with one attached hydrogen (secondary N) is 1. The normalized spacial score (nSPS) is 16.4. The third-order valence-corrected chi connectivity index (χ3v) is 7.56. The average Bonchev–Trinajstić information content (AvgIpc) is 3.59. The summed E-state index contributed by atoms with van der Waals surface area (Å²) in [7, 11) is 0. The van der Waals surface area contributed by atoms with Crippen molar-refractivity contribution in [3.05, 3.63) is 87.6 Å². The van der Waals surface area contributed by atoms with Crippen molar-refractivity contribution in [2.75, 3.05) is 0 Å². The Labute approximate surface area is 294 Å². The zero-order valence-electron chi connectivity index (χ0n) is 26.9. The van der Waals surface area contributed by atoms with Crippen LogP contribution in [-0.4, -0.2) is 55.4 Å². The molecule has 12 nitrogen and oxygen atoms in total. The van der Waals surface area contributed by atoms with E-state index in [2.05, 4.69) is 24.9 Å². The van der Waals surface area contributed by atoms with Crippen molar-refractivity contribution in [3.8, 4) is 11.5 Å². The number of nitrogens with two attached hydrogens (primary N) is 1. The molecule has 0 saturated heterocycles. The number of halogens is 6. The van der Waals surface area contributed by atoms with Crippen molar-refractivity contribution < 1.29 is 55.7 Å². The highest BCUT2D eigenvalue weighted by Crippen LogP contribution is 2.47. The van der Waals surface area contributed by atoms with Crippen LogP contribution in [0, 0.1) is 12.7 Å². The second-order valence-corrected chi connectivity index (χ2v) is 12.2. The predicted molar refractivity (Wildman–Crippen MR) is 174 cm³/mol. The maximum absolute atomic E-state index is 14.0. The van der Waals surface area contributed by atoms with E-state index in [4.69, 9.17) is 10.5 Å². The van der Waals surface area contributed by atoms with Crippen molar-refractivity contribution in [1.29, 1.82) is 0 Å². The number of nitrogens with zero attached hydrogens (tertiary/aromatic N) is 3. The van der Waals surface area contributed by atoms with Crippen LogP contribution in [0.4, 0.5) is 22.0 Å². The largest absolute Gasteiger partial charge is 0.507 e. The molecule has 0 bridgehead atoms. The summed E-state index contributed by atoms with van der Waals surface area (Å²) in [5, 5.41) is 16.0. The van der Waals surface area contributed by atoms with Crippen LogP contribution < -0.4 is 20.5 Å². The molecule has 1 aliphatic carbocycles. The standard InChI is InChI=1S/C23H23FN4O5.C9H7F4NO2.CH4.ClH/c1-11-12-7-8-16(14(12)6-5-13(11)22(32)33-23(2,3)4)27-20(29)18-9-17(21(30)31)26-19-15(24)10-25-28(18)19;10-8(11)9(12,13)16-7-3-5(4-14)1-2-6(7)15-8;;/h5-6,9-10,16H,7-8H2,1-4H3,(H,27,29)(H,30,31);1-3H,4,14H2;1H4;1H/t16-;;;/m0.../s1. The van der Waals surface area contributed by atoms with E-state index >= 15 is 0 Å². The van der Waals surface area contributed by atoms with Gasteiger partial charge in [-0.25, -0.2) is 23.5 Å². The molecule has 2 aliphatic rings. The lowest BCUT2D eigenvalue weighted by Crippen LogP contribution is -2.52. The number of hydrogen-bond acceptors (Lipinski definition) is 9. The number of benzene rings is 2. The van der Waals surface area contributed by atoms with Crippen LogP contribution >= 0.6 is 12.4 Å². The molecule has 0 unspecified atom stereocenters. The van der Waals surface area contributed by atoms with Gasteiger partial charge >= 0.3 is 24.2 Å². The summed E-state index contributed by atoms with van der Waals surface area (Å²) in [4.78, 5) is 40.7. The Morgan fingerprint density at radius 3 is 2.33 bits per heavy atom. The number of carbonyl (C=O) groups excluding carboxylic acids is 2. The molecule has 1 aliphatic heterocycles. The van der Waals surface area contributed by atoms with E-state index in [1.807, 2.05) is 6.92 Å². The molecule has 3 heterocycles. The van der Waals surface area contributed by atoms with E-state index < -0.39 is 58.7 Å². The number of carboxylic acids is 1. The number of carbonyl (C=O) groups is 3. The summed E-state index contributed by atoms with van der Waals surface area (Å²) in [6.07, 6.45) is -7.26. The quantitative estimate of drug-likeness (QED) is 0.154. The maximum atomic E-state index is 14.0. The lowest BCUT2D eigenvalue weighted by atomic mass is 9.97. The molecule has 1 amide bonds. The Balaban J connectivity index is 0.000000329. The first-order chi connectivity index (χ1) is 22.8. The summed E-state index contributed by atoms with van der Waals surface area (Å²) >= 11 is 0. The zero-order valence-corrected chi connectivity index (χ0v) is 27.7. The lowest BCUT2D eigenvalue weighted by molar-refractivity contribution is -0.391. The Bertz CT molecular complexity index is 1980. The van der Waals surface area contributed by atoms with Gasteiger partial charge < -0.3 is 30.4 Å². The van der Waals surface area contributed by atoms with Gasteiger partial charge in [-0.1, -0.05) is 19.6 Å². The number of fused-ring (bicyclic) bond motifs is 3. The molecular weight excluding hydrogens is 709 g/mol. The Morgan fingerprint density at radius 2 is 1.73 bits per heavy atom. The monoisotopic (exact) mass is 743 g/mol. The first kappa shape index (κ1) is 40.4. The lowest BCUT2D eigenvalue weighted by Gasteiger charge is -2.31. The molecule has 18 heteroatoms. The summed E-state index contributed by atoms with van der Waals surface area (Å²) < 4.78 is 79.2. The molecule has 51 heavy (non-hydrogen) atoms. The molecule has 0 spiro atoms. The molecular formula is C33H35ClF5N5O7. The van der Waals surface area contributed by atoms with E-state index in [9.17, 15) is 41.4 Å². The van der Waals surface area contributed by atoms with Crippen LogP contribution in [0.25, 0.3) is 5.65 Å². The average molecular weight is 744 g/mol. The molecule has 276 valence electrons. The van der Waals surface area contributed by atoms with E-state index in [1.165, 1.54) is 6.07 Å². The highest BCUT2D eigenvalue weighted by atomic mass is 35.5. The molecule has 4 aromatic rings. The molecule has 1 atom stereocenters. The van der Waals surface area contributed by atoms with Gasteiger partial charge in [0, 0.05) is 12.6 Å². The van der Waals surface area contributed by atoms with Gasteiger partial charge in [0.25, 0.3) is 5.91 Å². The molecule has 6 rings (SSSR count). The van der Waals surface area contributed by atoms with E-state index in [1.54, 1.807) is 32.9 Å². The Hall–Kier alpha value is -5.03. The number of alkyl halides is 4. The van der Waals surface area contributed by atoms with Crippen molar-refractivity contribution in [2.45, 2.75) is 78.4 Å². The van der Waals surface area contributed by atoms with Crippen LogP contribution in [0.2, 0.25) is 0 Å². The molecule has 0 fully saturated rings. The van der Waals surface area contributed by atoms with Gasteiger partial charge in [-0.2, -0.15) is 22.7 Å². The fourth-order valence-corrected chi connectivity index (χ4v) is 5.26. The van der Waals surface area contributed by atoms with Gasteiger partial charge in [-0.15, -0.1) is 12.4 Å². The Morgan fingerprint density at radius 1 is 1.08 bits per heavy atom. The molecule has 4 N–H and O–H groups in total. The molecule has 2 aromatic carbocycles. The van der Waals surface area contributed by atoms with Crippen LogP contribution in [0.5, 0.6) is 11.5 Å². The van der Waals surface area contributed by atoms with E-state index in [-0.39, 0.29) is 43.8 Å². The molecule has 0 saturated carbocycles. The fourth-order valence-electron chi connectivity index (χ4n) is 5.26. The minimum absolute atomic E-state index is 0. The first-order valence-electron chi connectivity index (χ1n) is 14.7. The number of hydrogen-bond donors (Lipinski definition) is 3. The van der Waals surface area contributed by atoms with E-state index in [0.29, 0.717) is 24.0 Å². The highest BCUT2D eigenvalue weighted by Gasteiger charge is 2.65. The summed E-state index contributed by atoms with van der Waals surface area (Å²) in [5.41, 5.74) is 7.28. The molecule has 0 radical (unpaired) electrons. The van der Waals surface area contributed by atoms with Crippen LogP contribution in [0.1, 0.15) is 94.2 Å². The van der Waals surface area contributed by atoms with Gasteiger partial charge in [0.15, 0.2) is 28.7 Å². The minimum atomic E-state index is -4.69. The smallest absolute Gasteiger partial charge is 0.477 e. The second-order valence-electron chi connectivity index (χ2n) is 12.2. The number of amides is 1. The van der Waals surface area contributed by atoms with Gasteiger partial charge in [-0.3, -0.25) is 4.79 Å². The van der Waals surface area contributed by atoms with Crippen molar-refractivity contribution in [3.63, 3.8) is 0 Å². The number of esters is 1. The third-order valence-electron chi connectivity index (χ3n) is 7.56. The Kier molecular flexibility index (Phi) is 11.6. The zero-order chi connectivity index (χ0) is 36.1. The van der Waals surface area contributed by atoms with Gasteiger partial charge in [0.05, 0.1) is 17.8 Å². The fraction of sp³-hybridized carbons (Fsp3) is 0.364. The number of aromatic nitrogens is 3. The SMILES string of the molecule is C.Cc1c(C(=O)OC(C)(C)C)ccc2c1CC[C@@H]2NC(=O)c1cc(C(=O)O)nc2c(F)cnn12.Cl.NCc1ccc2c(c1)OC(F)(F)C(F)(F)O2. The van der Waals surface area contributed by atoms with Gasteiger partial charge in [0.1, 0.15) is 11.3 Å². The number of ether oxygens (including phenoxy) is 3. The summed E-state index contributed by atoms with van der Waals surface area (Å²) in [5.74, 6) is -4.12. The van der Waals surface area contributed by atoms with Crippen LogP contribution in [0.3, 0.4) is 0 Å². The second kappa shape index (κ2) is 14.7. The van der Waals surface area contributed by atoms with Crippen molar-refractivity contribution in [1.82, 2.24) is 19.9 Å². The van der Waals surface area contributed by atoms with Crippen LogP contribution in [0.15, 0.2) is 42.6 Å². The number of carboxylic acid groups (broad SMARTS) is 1. The van der Waals surface area contributed by atoms with Gasteiger partial charge in [-0.05, 0) is 81.0 Å². The maximum Gasteiger partial charge on any atom is 0.507 e. The topological polar surface area (TPSA) is 167 Å². The number of aromatic carboxylic acids is 1. The summed E-state index contributed by atoms with van der Waals surface area (Å²) in [6, 6.07) is 7.81. The molecule has 2 aromatic heterocycles. The van der Waals surface area contributed by atoms with Crippen LogP contribution in [-0.2, 0) is 17.7 Å². The first-order valence-corrected chi connectivity index (χ1v) is 14.7. The van der Waals surface area contributed by atoms with Crippen molar-refractivity contribution >= 4 is 35.9 Å². The van der Waals surface area contributed by atoms with Gasteiger partial charge in [0.2, 0.25) is 0 Å².